The van der Waals surface area contributed by atoms with Crippen LogP contribution in [0.5, 0.6) is 11.5 Å². The number of H-pyrrole nitrogens is 1. The lowest BCUT2D eigenvalue weighted by molar-refractivity contribution is 0.101. The summed E-state index contributed by atoms with van der Waals surface area (Å²) in [4.78, 5) is 33.0. The molecule has 0 atom stereocenters. The van der Waals surface area contributed by atoms with Crippen molar-refractivity contribution in [3.63, 3.8) is 0 Å². The van der Waals surface area contributed by atoms with Gasteiger partial charge in [0.15, 0.2) is 11.5 Å². The molecule has 33 heavy (non-hydrogen) atoms. The molecule has 0 saturated carbocycles. The minimum absolute atomic E-state index is 0.288. The van der Waals surface area contributed by atoms with Crippen LogP contribution in [0.15, 0.2) is 54.7 Å². The summed E-state index contributed by atoms with van der Waals surface area (Å²) in [5.41, 5.74) is 4.49. The van der Waals surface area contributed by atoms with Crippen molar-refractivity contribution < 1.29 is 19.1 Å². The van der Waals surface area contributed by atoms with Crippen molar-refractivity contribution in [3.8, 4) is 11.5 Å². The van der Waals surface area contributed by atoms with E-state index in [-0.39, 0.29) is 11.8 Å². The van der Waals surface area contributed by atoms with Gasteiger partial charge in [-0.2, -0.15) is 0 Å². The number of rotatable bonds is 4. The summed E-state index contributed by atoms with van der Waals surface area (Å²) in [6.45, 7) is 4.72. The highest BCUT2D eigenvalue weighted by molar-refractivity contribution is 6.07. The number of benzene rings is 2. The van der Waals surface area contributed by atoms with Gasteiger partial charge in [-0.3, -0.25) is 14.6 Å². The summed E-state index contributed by atoms with van der Waals surface area (Å²) in [6.07, 6.45) is 1.55. The Hall–Kier alpha value is -4.33. The second-order valence-electron chi connectivity index (χ2n) is 7.90. The molecule has 0 spiro atoms. The molecule has 2 aromatic heterocycles. The van der Waals surface area contributed by atoms with Crippen LogP contribution in [0.3, 0.4) is 0 Å². The van der Waals surface area contributed by atoms with Crippen molar-refractivity contribution in [1.82, 2.24) is 9.97 Å². The predicted octanol–water partition coefficient (Wildman–Crippen LogP) is 4.46. The Morgan fingerprint density at radius 1 is 0.909 bits per heavy atom. The first-order valence-electron chi connectivity index (χ1n) is 10.5. The van der Waals surface area contributed by atoms with Crippen LogP contribution in [0.1, 0.15) is 32.1 Å². The van der Waals surface area contributed by atoms with Crippen LogP contribution in [0.2, 0.25) is 0 Å². The van der Waals surface area contributed by atoms with Crippen LogP contribution >= 0.6 is 0 Å². The van der Waals surface area contributed by atoms with Gasteiger partial charge in [-0.05, 0) is 56.3 Å². The highest BCUT2D eigenvalue weighted by Crippen LogP contribution is 2.31. The van der Waals surface area contributed by atoms with E-state index in [4.69, 9.17) is 9.47 Å². The molecule has 0 saturated heterocycles. The van der Waals surface area contributed by atoms with Crippen molar-refractivity contribution in [3.05, 3.63) is 77.2 Å². The number of amides is 2. The van der Waals surface area contributed by atoms with Crippen molar-refractivity contribution in [2.75, 3.05) is 23.8 Å². The number of anilines is 2. The number of carbonyl (C=O) groups is 2. The van der Waals surface area contributed by atoms with Crippen molar-refractivity contribution in [2.45, 2.75) is 13.8 Å². The quantitative estimate of drug-likeness (QED) is 0.433. The number of ether oxygens (including phenoxy) is 2. The molecule has 0 aliphatic carbocycles. The highest BCUT2D eigenvalue weighted by atomic mass is 16.6. The number of aromatic amines is 1. The molecule has 3 N–H and O–H groups in total. The van der Waals surface area contributed by atoms with Gasteiger partial charge in [-0.1, -0.05) is 11.6 Å². The predicted molar refractivity (Wildman–Crippen MR) is 125 cm³/mol. The normalized spacial score (nSPS) is 12.4. The van der Waals surface area contributed by atoms with Crippen LogP contribution in [-0.4, -0.2) is 35.0 Å². The maximum atomic E-state index is 12.8. The molecule has 0 fully saturated rings. The second kappa shape index (κ2) is 8.31. The minimum atomic E-state index is -0.319. The van der Waals surface area contributed by atoms with Gasteiger partial charge in [0.25, 0.3) is 11.8 Å². The van der Waals surface area contributed by atoms with Crippen LogP contribution in [-0.2, 0) is 0 Å². The molecular formula is C25H22N4O4. The van der Waals surface area contributed by atoms with E-state index in [1.807, 2.05) is 31.2 Å². The first-order chi connectivity index (χ1) is 16.0. The fourth-order valence-electron chi connectivity index (χ4n) is 3.68. The average Bonchev–Trinajstić information content (AvgIpc) is 3.24. The van der Waals surface area contributed by atoms with E-state index in [0.29, 0.717) is 53.0 Å². The molecule has 166 valence electrons. The van der Waals surface area contributed by atoms with Crippen molar-refractivity contribution in [1.29, 1.82) is 0 Å². The Labute approximate surface area is 189 Å². The Morgan fingerprint density at radius 2 is 1.73 bits per heavy atom. The number of aromatic nitrogens is 2. The van der Waals surface area contributed by atoms with Crippen molar-refractivity contribution >= 4 is 34.1 Å². The number of nitrogens with one attached hydrogen (secondary N) is 3. The molecule has 8 nitrogen and oxygen atoms in total. The number of hydrogen-bond acceptors (Lipinski definition) is 5. The molecular weight excluding hydrogens is 420 g/mol. The first-order valence-corrected chi connectivity index (χ1v) is 10.5. The topological polar surface area (TPSA) is 105 Å². The number of fused-ring (bicyclic) bond motifs is 2. The van der Waals surface area contributed by atoms with Crippen LogP contribution < -0.4 is 20.1 Å². The lowest BCUT2D eigenvalue weighted by atomic mass is 10.1. The molecule has 3 heterocycles. The maximum absolute atomic E-state index is 12.8. The van der Waals surface area contributed by atoms with E-state index in [1.165, 1.54) is 0 Å². The zero-order valence-corrected chi connectivity index (χ0v) is 18.2. The van der Waals surface area contributed by atoms with Gasteiger partial charge in [0.05, 0.1) is 23.3 Å². The summed E-state index contributed by atoms with van der Waals surface area (Å²) < 4.78 is 11.0. The lowest BCUT2D eigenvalue weighted by Crippen LogP contribution is -2.17. The Kier molecular flexibility index (Phi) is 5.18. The Morgan fingerprint density at radius 3 is 2.58 bits per heavy atom. The first kappa shape index (κ1) is 20.6. The van der Waals surface area contributed by atoms with Gasteiger partial charge in [-0.15, -0.1) is 0 Å². The summed E-state index contributed by atoms with van der Waals surface area (Å²) in [6, 6.07) is 14.5. The number of pyridine rings is 1. The Balaban J connectivity index is 1.33. The summed E-state index contributed by atoms with van der Waals surface area (Å²) in [5, 5.41) is 6.66. The average molecular weight is 442 g/mol. The molecule has 5 rings (SSSR count). The third-order valence-electron chi connectivity index (χ3n) is 5.42. The number of aryl methyl sites for hydroxylation is 2. The van der Waals surface area contributed by atoms with Gasteiger partial charge >= 0.3 is 0 Å². The van der Waals surface area contributed by atoms with E-state index in [9.17, 15) is 9.59 Å². The zero-order chi connectivity index (χ0) is 22.9. The fraction of sp³-hybridized carbons (Fsp3) is 0.160. The summed E-state index contributed by atoms with van der Waals surface area (Å²) >= 11 is 0. The fourth-order valence-corrected chi connectivity index (χ4v) is 3.68. The molecule has 4 aromatic rings. The zero-order valence-electron chi connectivity index (χ0n) is 18.2. The maximum Gasteiger partial charge on any atom is 0.272 e. The number of hydrogen-bond donors (Lipinski definition) is 3. The molecule has 2 amide bonds. The SMILES string of the molecule is Cc1ccc2[nH]c(C(=O)Nc3cc(NC(=O)c4ccc5c(c4)OCCO5)cnc3C)cc2c1. The minimum Gasteiger partial charge on any atom is -0.486 e. The largest absolute Gasteiger partial charge is 0.486 e. The van der Waals surface area contributed by atoms with Crippen LogP contribution in [0.4, 0.5) is 11.4 Å². The van der Waals surface area contributed by atoms with Gasteiger partial charge in [0, 0.05) is 16.5 Å². The van der Waals surface area contributed by atoms with E-state index < -0.39 is 0 Å². The molecule has 1 aliphatic rings. The van der Waals surface area contributed by atoms with Crippen molar-refractivity contribution in [2.24, 2.45) is 0 Å². The Bertz CT molecular complexity index is 1390. The van der Waals surface area contributed by atoms with E-state index in [0.717, 1.165) is 16.5 Å². The van der Waals surface area contributed by atoms with E-state index in [2.05, 4.69) is 20.6 Å². The van der Waals surface area contributed by atoms with E-state index >= 15 is 0 Å². The molecule has 2 aromatic carbocycles. The lowest BCUT2D eigenvalue weighted by Gasteiger charge is -2.18. The van der Waals surface area contributed by atoms with Crippen LogP contribution in [0.25, 0.3) is 10.9 Å². The smallest absolute Gasteiger partial charge is 0.272 e. The summed E-state index contributed by atoms with van der Waals surface area (Å²) in [5.74, 6) is 0.550. The third-order valence-corrected chi connectivity index (χ3v) is 5.42. The molecule has 0 bridgehead atoms. The van der Waals surface area contributed by atoms with E-state index in [1.54, 1.807) is 37.4 Å². The van der Waals surface area contributed by atoms with Gasteiger partial charge in [0.1, 0.15) is 18.9 Å². The van der Waals surface area contributed by atoms with Crippen LogP contribution in [0, 0.1) is 13.8 Å². The second-order valence-corrected chi connectivity index (χ2v) is 7.90. The molecule has 0 unspecified atom stereocenters. The van der Waals surface area contributed by atoms with Gasteiger partial charge in [0.2, 0.25) is 0 Å². The molecule has 0 radical (unpaired) electrons. The third kappa shape index (κ3) is 4.23. The molecule has 8 heteroatoms. The molecule has 1 aliphatic heterocycles. The highest BCUT2D eigenvalue weighted by Gasteiger charge is 2.16. The van der Waals surface area contributed by atoms with Gasteiger partial charge in [-0.25, -0.2) is 0 Å². The number of nitrogens with zero attached hydrogens (tertiary/aromatic N) is 1. The standard InChI is InChI=1S/C25H22N4O4/c1-14-3-5-19-17(9-14)10-21(28-19)25(31)29-20-12-18(13-26-15(20)2)27-24(30)16-4-6-22-23(11-16)33-8-7-32-22/h3-6,9-13,28H,7-8H2,1-2H3,(H,27,30)(H,29,31). The summed E-state index contributed by atoms with van der Waals surface area (Å²) in [7, 11) is 0. The number of carbonyl (C=O) groups excluding carboxylic acids is 2. The van der Waals surface area contributed by atoms with Gasteiger partial charge < -0.3 is 25.1 Å². The monoisotopic (exact) mass is 442 g/mol.